The van der Waals surface area contributed by atoms with Crippen molar-refractivity contribution in [3.63, 3.8) is 0 Å². The van der Waals surface area contributed by atoms with Crippen molar-refractivity contribution in [3.8, 4) is 11.5 Å². The molecule has 0 atom stereocenters. The molecule has 1 amide bonds. The molecular formula is C12H15NO5. The maximum Gasteiger partial charge on any atom is 0.323 e. The highest BCUT2D eigenvalue weighted by Crippen LogP contribution is 2.24. The third-order valence-electron chi connectivity index (χ3n) is 2.36. The highest BCUT2D eigenvalue weighted by atomic mass is 16.5. The molecular weight excluding hydrogens is 238 g/mol. The van der Waals surface area contributed by atoms with Crippen molar-refractivity contribution in [2.75, 3.05) is 27.8 Å². The molecule has 1 aromatic rings. The summed E-state index contributed by atoms with van der Waals surface area (Å²) in [6.45, 7) is -0.376. The number of rotatable bonds is 5. The van der Waals surface area contributed by atoms with Crippen molar-refractivity contribution in [1.82, 2.24) is 4.90 Å². The Balaban J connectivity index is 3.05. The summed E-state index contributed by atoms with van der Waals surface area (Å²) < 4.78 is 10.1. The number of amides is 1. The first kappa shape index (κ1) is 13.8. The second-order valence-electron chi connectivity index (χ2n) is 3.62. The van der Waals surface area contributed by atoms with E-state index in [2.05, 4.69) is 0 Å². The molecule has 1 rings (SSSR count). The lowest BCUT2D eigenvalue weighted by atomic mass is 10.1. The predicted molar refractivity (Wildman–Crippen MR) is 64.1 cm³/mol. The Labute approximate surface area is 105 Å². The first-order valence-corrected chi connectivity index (χ1v) is 5.19. The number of carboxylic acids is 1. The predicted octanol–water partition coefficient (Wildman–Crippen LogP) is 0.860. The van der Waals surface area contributed by atoms with Gasteiger partial charge < -0.3 is 19.5 Å². The van der Waals surface area contributed by atoms with Crippen molar-refractivity contribution < 1.29 is 24.2 Å². The van der Waals surface area contributed by atoms with Gasteiger partial charge in [0, 0.05) is 7.05 Å². The summed E-state index contributed by atoms with van der Waals surface area (Å²) in [5, 5.41) is 8.66. The van der Waals surface area contributed by atoms with Crippen LogP contribution in [-0.2, 0) is 4.79 Å². The highest BCUT2D eigenvalue weighted by Gasteiger charge is 2.19. The average Bonchev–Trinajstić information content (AvgIpc) is 2.36. The largest absolute Gasteiger partial charge is 0.497 e. The molecule has 18 heavy (non-hydrogen) atoms. The Morgan fingerprint density at radius 1 is 1.28 bits per heavy atom. The fourth-order valence-electron chi connectivity index (χ4n) is 1.46. The van der Waals surface area contributed by atoms with Gasteiger partial charge in [-0.3, -0.25) is 9.59 Å². The Hall–Kier alpha value is -2.24. The molecule has 0 bridgehead atoms. The zero-order valence-corrected chi connectivity index (χ0v) is 10.5. The van der Waals surface area contributed by atoms with Crippen molar-refractivity contribution in [1.29, 1.82) is 0 Å². The SMILES string of the molecule is COc1ccc(OC)c(C(=O)N(C)CC(=O)O)c1. The van der Waals surface area contributed by atoms with Crippen LogP contribution in [0.1, 0.15) is 10.4 Å². The van der Waals surface area contributed by atoms with Gasteiger partial charge in [-0.25, -0.2) is 0 Å². The van der Waals surface area contributed by atoms with E-state index >= 15 is 0 Å². The van der Waals surface area contributed by atoms with Gasteiger partial charge in [0.05, 0.1) is 19.8 Å². The van der Waals surface area contributed by atoms with Crippen molar-refractivity contribution >= 4 is 11.9 Å². The molecule has 0 saturated heterocycles. The van der Waals surface area contributed by atoms with E-state index in [1.54, 1.807) is 12.1 Å². The van der Waals surface area contributed by atoms with Crippen molar-refractivity contribution in [2.24, 2.45) is 0 Å². The Bertz CT molecular complexity index is 458. The minimum Gasteiger partial charge on any atom is -0.497 e. The number of ether oxygens (including phenoxy) is 2. The molecule has 0 fully saturated rings. The molecule has 6 nitrogen and oxygen atoms in total. The number of carbonyl (C=O) groups is 2. The molecule has 1 aromatic carbocycles. The van der Waals surface area contributed by atoms with E-state index in [1.807, 2.05) is 0 Å². The van der Waals surface area contributed by atoms with Crippen LogP contribution in [0.15, 0.2) is 18.2 Å². The number of carboxylic acid groups (broad SMARTS) is 1. The van der Waals surface area contributed by atoms with Crippen LogP contribution in [0, 0.1) is 0 Å². The standard InChI is InChI=1S/C12H15NO5/c1-13(7-11(14)15)12(16)9-6-8(17-2)4-5-10(9)18-3/h4-6H,7H2,1-3H3,(H,14,15). The van der Waals surface area contributed by atoms with E-state index < -0.39 is 11.9 Å². The molecule has 0 heterocycles. The molecule has 0 aromatic heterocycles. The summed E-state index contributed by atoms with van der Waals surface area (Å²) in [4.78, 5) is 23.7. The van der Waals surface area contributed by atoms with E-state index in [4.69, 9.17) is 14.6 Å². The fraction of sp³-hybridized carbons (Fsp3) is 0.333. The number of hydrogen-bond donors (Lipinski definition) is 1. The third-order valence-corrected chi connectivity index (χ3v) is 2.36. The number of carbonyl (C=O) groups excluding carboxylic acids is 1. The number of benzene rings is 1. The first-order valence-electron chi connectivity index (χ1n) is 5.19. The fourth-order valence-corrected chi connectivity index (χ4v) is 1.46. The quantitative estimate of drug-likeness (QED) is 0.842. The van der Waals surface area contributed by atoms with Gasteiger partial charge in [0.2, 0.25) is 0 Å². The maximum absolute atomic E-state index is 12.1. The lowest BCUT2D eigenvalue weighted by Gasteiger charge is -2.17. The van der Waals surface area contributed by atoms with Crippen LogP contribution in [0.5, 0.6) is 11.5 Å². The Kier molecular flexibility index (Phi) is 4.53. The van der Waals surface area contributed by atoms with Crippen LogP contribution >= 0.6 is 0 Å². The number of hydrogen-bond acceptors (Lipinski definition) is 4. The summed E-state index contributed by atoms with van der Waals surface area (Å²) in [5.74, 6) is -0.637. The topological polar surface area (TPSA) is 76.1 Å². The molecule has 6 heteroatoms. The highest BCUT2D eigenvalue weighted by molar-refractivity contribution is 5.98. The van der Waals surface area contributed by atoms with E-state index in [9.17, 15) is 9.59 Å². The normalized spacial score (nSPS) is 9.72. The molecule has 0 spiro atoms. The van der Waals surface area contributed by atoms with Gasteiger partial charge in [-0.05, 0) is 18.2 Å². The number of nitrogens with zero attached hydrogens (tertiary/aromatic N) is 1. The molecule has 0 saturated carbocycles. The molecule has 98 valence electrons. The molecule has 0 aliphatic rings. The monoisotopic (exact) mass is 253 g/mol. The lowest BCUT2D eigenvalue weighted by Crippen LogP contribution is -2.32. The molecule has 0 aliphatic carbocycles. The van der Waals surface area contributed by atoms with Gasteiger partial charge in [0.25, 0.3) is 5.91 Å². The minimum atomic E-state index is -1.08. The smallest absolute Gasteiger partial charge is 0.323 e. The van der Waals surface area contributed by atoms with Gasteiger partial charge in [0.1, 0.15) is 18.0 Å². The van der Waals surface area contributed by atoms with Crippen LogP contribution in [-0.4, -0.2) is 49.7 Å². The van der Waals surface area contributed by atoms with Crippen LogP contribution < -0.4 is 9.47 Å². The summed E-state index contributed by atoms with van der Waals surface area (Å²) in [7, 11) is 4.34. The van der Waals surface area contributed by atoms with Gasteiger partial charge in [-0.2, -0.15) is 0 Å². The van der Waals surface area contributed by atoms with Crippen LogP contribution in [0.2, 0.25) is 0 Å². The van der Waals surface area contributed by atoms with E-state index in [0.717, 1.165) is 4.90 Å². The van der Waals surface area contributed by atoms with Crippen molar-refractivity contribution in [2.45, 2.75) is 0 Å². The van der Waals surface area contributed by atoms with E-state index in [0.29, 0.717) is 11.5 Å². The molecule has 0 unspecified atom stereocenters. The van der Waals surface area contributed by atoms with Crippen LogP contribution in [0.25, 0.3) is 0 Å². The molecule has 0 aliphatic heterocycles. The number of likely N-dealkylation sites (N-methyl/N-ethyl adjacent to an activating group) is 1. The lowest BCUT2D eigenvalue weighted by molar-refractivity contribution is -0.137. The summed E-state index contributed by atoms with van der Waals surface area (Å²) in [6.07, 6.45) is 0. The third kappa shape index (κ3) is 3.13. The minimum absolute atomic E-state index is 0.264. The van der Waals surface area contributed by atoms with Crippen LogP contribution in [0.4, 0.5) is 0 Å². The van der Waals surface area contributed by atoms with Crippen molar-refractivity contribution in [3.05, 3.63) is 23.8 Å². The second-order valence-corrected chi connectivity index (χ2v) is 3.62. The Morgan fingerprint density at radius 3 is 2.44 bits per heavy atom. The summed E-state index contributed by atoms with van der Waals surface area (Å²) in [6, 6.07) is 4.77. The number of aliphatic carboxylic acids is 1. The Morgan fingerprint density at radius 2 is 1.94 bits per heavy atom. The van der Waals surface area contributed by atoms with E-state index in [-0.39, 0.29) is 12.1 Å². The zero-order chi connectivity index (χ0) is 13.7. The second kappa shape index (κ2) is 5.90. The number of methoxy groups -OCH3 is 2. The summed E-state index contributed by atoms with van der Waals surface area (Å²) >= 11 is 0. The van der Waals surface area contributed by atoms with Gasteiger partial charge in [0.15, 0.2) is 0 Å². The average molecular weight is 253 g/mol. The van der Waals surface area contributed by atoms with E-state index in [1.165, 1.54) is 27.3 Å². The van der Waals surface area contributed by atoms with Gasteiger partial charge in [-0.15, -0.1) is 0 Å². The first-order chi connectivity index (χ1) is 8.49. The zero-order valence-electron chi connectivity index (χ0n) is 10.5. The van der Waals surface area contributed by atoms with Crippen LogP contribution in [0.3, 0.4) is 0 Å². The molecule has 0 radical (unpaired) electrons. The van der Waals surface area contributed by atoms with Gasteiger partial charge >= 0.3 is 5.97 Å². The summed E-state index contributed by atoms with van der Waals surface area (Å²) in [5.41, 5.74) is 0.264. The molecule has 1 N–H and O–H groups in total. The van der Waals surface area contributed by atoms with Gasteiger partial charge in [-0.1, -0.05) is 0 Å². The maximum atomic E-state index is 12.1.